The first-order chi connectivity index (χ1) is 12.0. The van der Waals surface area contributed by atoms with E-state index in [-0.39, 0.29) is 41.4 Å². The van der Waals surface area contributed by atoms with Crippen LogP contribution in [0.25, 0.3) is 0 Å². The van der Waals surface area contributed by atoms with Crippen molar-refractivity contribution in [3.05, 3.63) is 42.0 Å². The Labute approximate surface area is 147 Å². The van der Waals surface area contributed by atoms with Crippen LogP contribution in [0, 0.1) is 30.6 Å². The SMILES string of the molecule is Cc1ccccc1NC(=O)[C@H](C)N1C(=O)[C@H]2[C@H](C1=O)[C@H]1C=C[C@H]2CC1. The summed E-state index contributed by atoms with van der Waals surface area (Å²) in [5.74, 6) is -0.945. The molecule has 5 nitrogen and oxygen atoms in total. The van der Waals surface area contributed by atoms with Gasteiger partial charge in [-0.05, 0) is 50.2 Å². The monoisotopic (exact) mass is 338 g/mol. The maximum absolute atomic E-state index is 12.9. The normalized spacial score (nSPS) is 31.2. The zero-order valence-electron chi connectivity index (χ0n) is 14.4. The molecule has 1 N–H and O–H groups in total. The number of para-hydroxylation sites is 1. The third-order valence-electron chi connectivity index (χ3n) is 5.96. The van der Waals surface area contributed by atoms with Gasteiger partial charge in [-0.1, -0.05) is 30.4 Å². The second-order valence-electron chi connectivity index (χ2n) is 7.37. The van der Waals surface area contributed by atoms with Gasteiger partial charge in [-0.25, -0.2) is 0 Å². The number of rotatable bonds is 3. The van der Waals surface area contributed by atoms with Gasteiger partial charge in [0.15, 0.2) is 0 Å². The van der Waals surface area contributed by atoms with E-state index in [4.69, 9.17) is 0 Å². The van der Waals surface area contributed by atoms with Crippen molar-refractivity contribution < 1.29 is 14.4 Å². The molecule has 1 saturated carbocycles. The van der Waals surface area contributed by atoms with Gasteiger partial charge in [0.1, 0.15) is 6.04 Å². The second kappa shape index (κ2) is 5.83. The van der Waals surface area contributed by atoms with E-state index >= 15 is 0 Å². The highest BCUT2D eigenvalue weighted by Crippen LogP contribution is 2.49. The number of allylic oxidation sites excluding steroid dienone is 2. The minimum absolute atomic E-state index is 0.142. The van der Waals surface area contributed by atoms with Crippen LogP contribution >= 0.6 is 0 Å². The van der Waals surface area contributed by atoms with Gasteiger partial charge in [-0.2, -0.15) is 0 Å². The number of fused-ring (bicyclic) bond motifs is 1. The van der Waals surface area contributed by atoms with E-state index in [0.717, 1.165) is 18.4 Å². The van der Waals surface area contributed by atoms with Gasteiger partial charge in [0, 0.05) is 5.69 Å². The fourth-order valence-electron chi connectivity index (χ4n) is 4.55. The molecule has 5 heteroatoms. The quantitative estimate of drug-likeness (QED) is 0.680. The van der Waals surface area contributed by atoms with Crippen LogP contribution in [-0.4, -0.2) is 28.7 Å². The molecule has 0 radical (unpaired) electrons. The lowest BCUT2D eigenvalue weighted by molar-refractivity contribution is -0.146. The number of hydrogen-bond acceptors (Lipinski definition) is 3. The van der Waals surface area contributed by atoms with E-state index in [2.05, 4.69) is 17.5 Å². The molecule has 1 saturated heterocycles. The maximum Gasteiger partial charge on any atom is 0.247 e. The summed E-state index contributed by atoms with van der Waals surface area (Å²) < 4.78 is 0. The van der Waals surface area contributed by atoms with Gasteiger partial charge in [0.05, 0.1) is 11.8 Å². The Morgan fingerprint density at radius 1 is 1.08 bits per heavy atom. The van der Waals surface area contributed by atoms with E-state index in [9.17, 15) is 14.4 Å². The topological polar surface area (TPSA) is 66.5 Å². The van der Waals surface area contributed by atoms with E-state index in [1.165, 1.54) is 4.90 Å². The molecule has 5 rings (SSSR count). The molecular weight excluding hydrogens is 316 g/mol. The minimum atomic E-state index is -0.801. The van der Waals surface area contributed by atoms with Gasteiger partial charge in [0.25, 0.3) is 0 Å². The summed E-state index contributed by atoms with van der Waals surface area (Å²) in [6, 6.07) is 6.67. The number of nitrogens with zero attached hydrogens (tertiary/aromatic N) is 1. The molecule has 0 aromatic heterocycles. The lowest BCUT2D eigenvalue weighted by Gasteiger charge is -2.38. The van der Waals surface area contributed by atoms with Crippen LogP contribution < -0.4 is 5.32 Å². The molecular formula is C20H22N2O3. The molecule has 1 aromatic carbocycles. The number of anilines is 1. The summed E-state index contributed by atoms with van der Waals surface area (Å²) >= 11 is 0. The van der Waals surface area contributed by atoms with Crippen LogP contribution in [0.15, 0.2) is 36.4 Å². The highest BCUT2D eigenvalue weighted by atomic mass is 16.2. The molecule has 130 valence electrons. The Hall–Kier alpha value is -2.43. The zero-order valence-corrected chi connectivity index (χ0v) is 14.4. The first-order valence-corrected chi connectivity index (χ1v) is 8.91. The van der Waals surface area contributed by atoms with Crippen molar-refractivity contribution in [2.24, 2.45) is 23.7 Å². The molecule has 3 aliphatic carbocycles. The summed E-state index contributed by atoms with van der Waals surface area (Å²) in [7, 11) is 0. The van der Waals surface area contributed by atoms with Crippen molar-refractivity contribution in [3.63, 3.8) is 0 Å². The number of likely N-dealkylation sites (tertiary alicyclic amines) is 1. The van der Waals surface area contributed by atoms with Crippen LogP contribution in [-0.2, 0) is 14.4 Å². The highest BCUT2D eigenvalue weighted by molar-refractivity contribution is 6.10. The fraction of sp³-hybridized carbons (Fsp3) is 0.450. The van der Waals surface area contributed by atoms with Crippen LogP contribution in [0.2, 0.25) is 0 Å². The van der Waals surface area contributed by atoms with Crippen molar-refractivity contribution >= 4 is 23.4 Å². The van der Waals surface area contributed by atoms with Crippen molar-refractivity contribution in [2.75, 3.05) is 5.32 Å². The molecule has 1 aromatic rings. The molecule has 4 aliphatic rings. The van der Waals surface area contributed by atoms with Gasteiger partial charge in [-0.15, -0.1) is 0 Å². The van der Waals surface area contributed by atoms with Crippen LogP contribution in [0.1, 0.15) is 25.3 Å². The standard InChI is InChI=1S/C20H22N2O3/c1-11-5-3-4-6-15(11)21-18(23)12(2)22-19(24)16-13-7-8-14(10-9-13)17(16)20(22)25/h3-8,12-14,16-17H,9-10H2,1-2H3,(H,21,23)/t12-,13-,14-,16+,17+/m0/s1. The van der Waals surface area contributed by atoms with Crippen molar-refractivity contribution in [2.45, 2.75) is 32.7 Å². The third-order valence-corrected chi connectivity index (χ3v) is 5.96. The summed E-state index contributed by atoms with van der Waals surface area (Å²) in [6.45, 7) is 3.54. The Balaban J connectivity index is 1.55. The van der Waals surface area contributed by atoms with Gasteiger partial charge in [0.2, 0.25) is 17.7 Å². The fourth-order valence-corrected chi connectivity index (χ4v) is 4.55. The van der Waals surface area contributed by atoms with Crippen LogP contribution in [0.4, 0.5) is 5.69 Å². The van der Waals surface area contributed by atoms with E-state index in [0.29, 0.717) is 5.69 Å². The minimum Gasteiger partial charge on any atom is -0.324 e. The molecule has 25 heavy (non-hydrogen) atoms. The van der Waals surface area contributed by atoms with Crippen molar-refractivity contribution in [3.8, 4) is 0 Å². The van der Waals surface area contributed by atoms with Gasteiger partial charge < -0.3 is 5.32 Å². The van der Waals surface area contributed by atoms with Crippen molar-refractivity contribution in [1.82, 2.24) is 4.90 Å². The average Bonchev–Trinajstić information content (AvgIpc) is 2.90. The van der Waals surface area contributed by atoms with Gasteiger partial charge in [-0.3, -0.25) is 19.3 Å². The number of amides is 3. The predicted molar refractivity (Wildman–Crippen MR) is 93.5 cm³/mol. The first-order valence-electron chi connectivity index (χ1n) is 8.91. The van der Waals surface area contributed by atoms with Crippen molar-refractivity contribution in [1.29, 1.82) is 0 Å². The largest absolute Gasteiger partial charge is 0.324 e. The number of aryl methyl sites for hydroxylation is 1. The van der Waals surface area contributed by atoms with E-state index < -0.39 is 6.04 Å². The molecule has 1 aliphatic heterocycles. The molecule has 2 bridgehead atoms. The first kappa shape index (κ1) is 16.1. The molecule has 0 unspecified atom stereocenters. The summed E-state index contributed by atoms with van der Waals surface area (Å²) in [6.07, 6.45) is 6.09. The maximum atomic E-state index is 12.9. The average molecular weight is 338 g/mol. The summed E-state index contributed by atoms with van der Waals surface area (Å²) in [5.41, 5.74) is 1.65. The molecule has 0 spiro atoms. The Bertz CT molecular complexity index is 753. The predicted octanol–water partition coefficient (Wildman–Crippen LogP) is 2.52. The summed E-state index contributed by atoms with van der Waals surface area (Å²) in [5, 5.41) is 2.85. The Kier molecular flexibility index (Phi) is 3.74. The number of carbonyl (C=O) groups is 3. The zero-order chi connectivity index (χ0) is 17.7. The van der Waals surface area contributed by atoms with E-state index in [1.54, 1.807) is 6.92 Å². The Morgan fingerprint density at radius 3 is 2.16 bits per heavy atom. The Morgan fingerprint density at radius 2 is 1.64 bits per heavy atom. The second-order valence-corrected chi connectivity index (χ2v) is 7.37. The number of benzene rings is 1. The van der Waals surface area contributed by atoms with E-state index in [1.807, 2.05) is 31.2 Å². The highest BCUT2D eigenvalue weighted by Gasteiger charge is 2.58. The number of nitrogens with one attached hydrogen (secondary N) is 1. The number of imide groups is 1. The van der Waals surface area contributed by atoms with Crippen LogP contribution in [0.5, 0.6) is 0 Å². The van der Waals surface area contributed by atoms with Crippen LogP contribution in [0.3, 0.4) is 0 Å². The summed E-state index contributed by atoms with van der Waals surface area (Å²) in [4.78, 5) is 39.7. The smallest absolute Gasteiger partial charge is 0.247 e. The molecule has 2 fully saturated rings. The lowest BCUT2D eigenvalue weighted by atomic mass is 9.63. The third kappa shape index (κ3) is 2.41. The molecule has 1 heterocycles. The molecule has 3 amide bonds. The lowest BCUT2D eigenvalue weighted by Crippen LogP contribution is -2.46. The molecule has 5 atom stereocenters. The number of hydrogen-bond donors (Lipinski definition) is 1. The number of carbonyl (C=O) groups excluding carboxylic acids is 3. The van der Waals surface area contributed by atoms with Gasteiger partial charge >= 0.3 is 0 Å².